The van der Waals surface area contributed by atoms with Crippen LogP contribution in [-0.4, -0.2) is 48.5 Å². The molecule has 0 saturated heterocycles. The molecule has 0 fully saturated rings. The first kappa shape index (κ1) is 29.6. The average Bonchev–Trinajstić information content (AvgIpc) is 2.83. The van der Waals surface area contributed by atoms with Crippen molar-refractivity contribution in [3.8, 4) is 17.9 Å². The zero-order chi connectivity index (χ0) is 27.4. The Bertz CT molecular complexity index is 1360. The van der Waals surface area contributed by atoms with Crippen molar-refractivity contribution < 1.29 is 14.3 Å². The molecule has 192 valence electrons. The van der Waals surface area contributed by atoms with Crippen molar-refractivity contribution >= 4 is 66.8 Å². The second-order valence-corrected chi connectivity index (χ2v) is 9.69. The van der Waals surface area contributed by atoms with E-state index < -0.39 is 11.3 Å². The molecule has 1 amide bonds. The van der Waals surface area contributed by atoms with Crippen molar-refractivity contribution in [2.75, 3.05) is 37.9 Å². The summed E-state index contributed by atoms with van der Waals surface area (Å²) in [5.41, 5.74) is 2.43. The van der Waals surface area contributed by atoms with Gasteiger partial charge in [0.1, 0.15) is 6.07 Å². The van der Waals surface area contributed by atoms with Crippen LogP contribution in [0.15, 0.2) is 53.1 Å². The Kier molecular flexibility index (Phi) is 11.9. The zero-order valence-corrected chi connectivity index (χ0v) is 23.3. The summed E-state index contributed by atoms with van der Waals surface area (Å²) in [6.07, 6.45) is 1.54. The topological polar surface area (TPSA) is 107 Å². The van der Waals surface area contributed by atoms with Gasteiger partial charge in [0.15, 0.2) is 0 Å². The van der Waals surface area contributed by atoms with E-state index in [1.54, 1.807) is 18.2 Å². The molecule has 0 aliphatic heterocycles. The number of ether oxygens (including phenoxy) is 1. The molecule has 37 heavy (non-hydrogen) atoms. The van der Waals surface area contributed by atoms with Crippen LogP contribution in [0.1, 0.15) is 19.4 Å². The van der Waals surface area contributed by atoms with E-state index in [-0.39, 0.29) is 0 Å². The van der Waals surface area contributed by atoms with Gasteiger partial charge in [-0.1, -0.05) is 41.8 Å². The molecule has 0 radical (unpaired) electrons. The number of anilines is 3. The molecule has 2 N–H and O–H groups in total. The molecular weight excluding hydrogens is 558 g/mol. The van der Waals surface area contributed by atoms with Gasteiger partial charge < -0.3 is 15.4 Å². The summed E-state index contributed by atoms with van der Waals surface area (Å²) in [7, 11) is 3.77. The van der Waals surface area contributed by atoms with Crippen molar-refractivity contribution in [1.82, 2.24) is 9.88 Å². The third-order valence-electron chi connectivity index (χ3n) is 4.47. The Labute approximate surface area is 230 Å². The van der Waals surface area contributed by atoms with Crippen LogP contribution in [0.2, 0.25) is 0 Å². The highest BCUT2D eigenvalue weighted by Gasteiger charge is 2.11. The van der Waals surface area contributed by atoms with Crippen molar-refractivity contribution in [3.05, 3.63) is 58.7 Å². The number of aromatic nitrogens is 1. The van der Waals surface area contributed by atoms with Crippen LogP contribution in [0.4, 0.5) is 21.9 Å². The van der Waals surface area contributed by atoms with Crippen LogP contribution < -0.4 is 10.6 Å². The Hall–Kier alpha value is -3.63. The minimum absolute atomic E-state index is 0.359. The summed E-state index contributed by atoms with van der Waals surface area (Å²) in [4.78, 5) is 28.2. The number of benzene rings is 2. The number of carbonyl (C=O) groups excluding carboxylic acids is 2. The Morgan fingerprint density at radius 2 is 1.95 bits per heavy atom. The molecule has 0 atom stereocenters. The van der Waals surface area contributed by atoms with Crippen LogP contribution in [0, 0.1) is 29.1 Å². The van der Waals surface area contributed by atoms with Gasteiger partial charge in [-0.15, -0.1) is 0 Å². The number of pyridine rings is 1. The number of nitrogens with one attached hydrogen (secondary N) is 2. The van der Waals surface area contributed by atoms with Gasteiger partial charge >= 0.3 is 5.43 Å². The first-order valence-corrected chi connectivity index (χ1v) is 12.4. The minimum atomic E-state index is -0.723. The van der Waals surface area contributed by atoms with Gasteiger partial charge in [0.25, 0.3) is 5.91 Å². The molecule has 2 aromatic carbocycles. The molecule has 0 saturated carbocycles. The maximum atomic E-state index is 12.1. The first-order valence-electron chi connectivity index (χ1n) is 11.2. The number of rotatable bonds is 6. The number of nitriles is 1. The maximum absolute atomic E-state index is 12.1. The van der Waals surface area contributed by atoms with E-state index >= 15 is 0 Å². The third-order valence-corrected chi connectivity index (χ3v) is 5.07. The van der Waals surface area contributed by atoms with Gasteiger partial charge in [0.2, 0.25) is 0 Å². The third kappa shape index (κ3) is 10.5. The monoisotopic (exact) mass is 583 g/mol. The number of nitrogens with zero attached hydrogens (tertiary/aromatic N) is 3. The van der Waals surface area contributed by atoms with Crippen LogP contribution >= 0.6 is 27.5 Å². The quantitative estimate of drug-likeness (QED) is 0.265. The number of carbonyl (C=O) groups is 2. The van der Waals surface area contributed by atoms with E-state index in [2.05, 4.69) is 54.2 Å². The maximum Gasteiger partial charge on any atom is 0.403 e. The van der Waals surface area contributed by atoms with Gasteiger partial charge in [0, 0.05) is 39.0 Å². The summed E-state index contributed by atoms with van der Waals surface area (Å²) in [6.45, 7) is 4.79. The molecule has 0 spiro atoms. The Balaban J connectivity index is 0.000000521. The van der Waals surface area contributed by atoms with E-state index in [4.69, 9.17) is 11.6 Å². The van der Waals surface area contributed by atoms with E-state index in [9.17, 15) is 14.9 Å². The van der Waals surface area contributed by atoms with Gasteiger partial charge in [0.05, 0.1) is 29.9 Å². The first-order chi connectivity index (χ1) is 17.6. The molecule has 10 heteroatoms. The lowest BCUT2D eigenvalue weighted by Gasteiger charge is -2.13. The van der Waals surface area contributed by atoms with Crippen LogP contribution in [-0.2, 0) is 9.53 Å². The van der Waals surface area contributed by atoms with E-state index in [0.717, 1.165) is 15.5 Å². The number of amides is 1. The zero-order valence-electron chi connectivity index (χ0n) is 20.9. The van der Waals surface area contributed by atoms with Crippen molar-refractivity contribution in [3.63, 3.8) is 0 Å². The van der Waals surface area contributed by atoms with Gasteiger partial charge in [-0.25, -0.2) is 4.79 Å². The number of halogens is 2. The highest BCUT2D eigenvalue weighted by Crippen LogP contribution is 2.31. The lowest BCUT2D eigenvalue weighted by Crippen LogP contribution is -2.13. The van der Waals surface area contributed by atoms with E-state index in [1.165, 1.54) is 6.20 Å². The summed E-state index contributed by atoms with van der Waals surface area (Å²) < 4.78 is 5.35. The number of fused-ring (bicyclic) bond motifs is 1. The van der Waals surface area contributed by atoms with Crippen molar-refractivity contribution in [2.24, 2.45) is 5.92 Å². The Morgan fingerprint density at radius 1 is 1.19 bits per heavy atom. The normalized spacial score (nSPS) is 10.0. The van der Waals surface area contributed by atoms with E-state index in [1.807, 2.05) is 57.1 Å². The summed E-state index contributed by atoms with van der Waals surface area (Å²) >= 11 is 8.31. The molecule has 8 nitrogen and oxygen atoms in total. The van der Waals surface area contributed by atoms with Crippen LogP contribution in [0.25, 0.3) is 10.9 Å². The standard InChI is InChI=1S/C22H18BrN5O.C5H9ClO2/c1-28(2)10-4-7-21(29)26-18-8-9-20-19(12-18)22(15(13-24)14-25-20)27-17-6-3-5-16(23)11-17;1-4(2)3-8-5(6)7/h3,5-6,8-9,11-12,14H,10H2,1-2H3,(H,25,27)(H,26,29);4H,3H2,1-2H3. The van der Waals surface area contributed by atoms with E-state index in [0.29, 0.717) is 41.5 Å². The van der Waals surface area contributed by atoms with Gasteiger partial charge in [-0.05, 0) is 62.3 Å². The average molecular weight is 585 g/mol. The molecule has 0 bridgehead atoms. The number of hydrogen-bond donors (Lipinski definition) is 2. The summed E-state index contributed by atoms with van der Waals surface area (Å²) in [5, 5.41) is 16.3. The highest BCUT2D eigenvalue weighted by molar-refractivity contribution is 9.10. The molecule has 3 rings (SSSR count). The molecule has 0 aliphatic rings. The minimum Gasteiger partial charge on any atom is -0.453 e. The summed E-state index contributed by atoms with van der Waals surface area (Å²) in [6, 6.07) is 15.2. The van der Waals surface area contributed by atoms with Crippen molar-refractivity contribution in [2.45, 2.75) is 13.8 Å². The molecule has 0 aliphatic carbocycles. The fourth-order valence-electron chi connectivity index (χ4n) is 2.87. The highest BCUT2D eigenvalue weighted by atomic mass is 79.9. The number of hydrogen-bond acceptors (Lipinski definition) is 7. The fourth-order valence-corrected chi connectivity index (χ4v) is 3.34. The largest absolute Gasteiger partial charge is 0.453 e. The smallest absolute Gasteiger partial charge is 0.403 e. The predicted octanol–water partition coefficient (Wildman–Crippen LogP) is 6.13. The van der Waals surface area contributed by atoms with Gasteiger partial charge in [-0.2, -0.15) is 5.26 Å². The molecule has 3 aromatic rings. The SMILES string of the molecule is CC(C)COC(=O)Cl.CN(C)CC#CC(=O)Nc1ccc2ncc(C#N)c(Nc3cccc(Br)c3)c2c1. The molecule has 1 aromatic heterocycles. The van der Waals surface area contributed by atoms with Gasteiger partial charge in [-0.3, -0.25) is 14.7 Å². The Morgan fingerprint density at radius 3 is 2.54 bits per heavy atom. The molecular formula is C27H27BrClN5O3. The van der Waals surface area contributed by atoms with Crippen LogP contribution in [0.5, 0.6) is 0 Å². The molecule has 0 unspecified atom stereocenters. The second kappa shape index (κ2) is 14.8. The predicted molar refractivity (Wildman–Crippen MR) is 151 cm³/mol. The summed E-state index contributed by atoms with van der Waals surface area (Å²) in [5.74, 6) is 5.33. The lowest BCUT2D eigenvalue weighted by atomic mass is 10.1. The van der Waals surface area contributed by atoms with Crippen molar-refractivity contribution in [1.29, 1.82) is 5.26 Å². The molecule has 1 heterocycles. The second-order valence-electron chi connectivity index (χ2n) is 8.46. The fraction of sp³-hybridized carbons (Fsp3) is 0.259. The lowest BCUT2D eigenvalue weighted by molar-refractivity contribution is -0.111. The van der Waals surface area contributed by atoms with Crippen LogP contribution in [0.3, 0.4) is 0 Å².